The number of amides is 1. The van der Waals surface area contributed by atoms with Gasteiger partial charge in [-0.3, -0.25) is 10.3 Å². The predicted octanol–water partition coefficient (Wildman–Crippen LogP) is 3.47. The van der Waals surface area contributed by atoms with Crippen LogP contribution in [0.15, 0.2) is 30.8 Å². The highest BCUT2D eigenvalue weighted by Crippen LogP contribution is 2.24. The van der Waals surface area contributed by atoms with Crippen LogP contribution in [-0.2, 0) is 4.84 Å². The van der Waals surface area contributed by atoms with E-state index in [4.69, 9.17) is 9.94 Å². The number of halogens is 3. The Kier molecular flexibility index (Phi) is 6.13. The molecule has 0 bridgehead atoms. The topological polar surface area (TPSA) is 71.0 Å². The number of piperidine rings is 1. The van der Waals surface area contributed by atoms with Crippen molar-refractivity contribution in [1.29, 1.82) is 0 Å². The van der Waals surface area contributed by atoms with Crippen LogP contribution in [0.5, 0.6) is 5.75 Å². The highest BCUT2D eigenvalue weighted by molar-refractivity contribution is 5.65. The number of hydrogen-bond acceptors (Lipinski definition) is 4. The van der Waals surface area contributed by atoms with Gasteiger partial charge in [-0.05, 0) is 48.6 Å². The van der Waals surface area contributed by atoms with Crippen molar-refractivity contribution in [3.63, 3.8) is 0 Å². The molecule has 0 aromatic heterocycles. The highest BCUT2D eigenvalue weighted by atomic mass is 19.4. The lowest BCUT2D eigenvalue weighted by molar-refractivity contribution is -0.274. The molecule has 1 aromatic rings. The molecule has 1 fully saturated rings. The number of ether oxygens (including phenoxy) is 1. The third kappa shape index (κ3) is 6.18. The van der Waals surface area contributed by atoms with Crippen LogP contribution in [-0.4, -0.2) is 42.2 Å². The van der Waals surface area contributed by atoms with Crippen LogP contribution in [0.2, 0.25) is 0 Å². The third-order valence-electron chi connectivity index (χ3n) is 3.84. The number of likely N-dealkylation sites (tertiary alicyclic amines) is 1. The Balaban J connectivity index is 1.73. The zero-order valence-electron chi connectivity index (χ0n) is 13.4. The van der Waals surface area contributed by atoms with Gasteiger partial charge in [-0.2, -0.15) is 0 Å². The van der Waals surface area contributed by atoms with E-state index >= 15 is 0 Å². The molecule has 1 aliphatic heterocycles. The fraction of sp³-hybridized carbons (Fsp3) is 0.438. The van der Waals surface area contributed by atoms with Gasteiger partial charge in [0.05, 0.1) is 12.3 Å². The van der Waals surface area contributed by atoms with E-state index in [1.165, 1.54) is 29.2 Å². The summed E-state index contributed by atoms with van der Waals surface area (Å²) in [4.78, 5) is 17.6. The molecule has 0 saturated carbocycles. The lowest BCUT2D eigenvalue weighted by Crippen LogP contribution is -2.38. The van der Waals surface area contributed by atoms with Crippen LogP contribution in [0.25, 0.3) is 5.70 Å². The molecule has 1 amide bonds. The SMILES string of the molecule is C=C(NOCC1CCN(C(=O)O)CC1)c1ccc(OC(F)(F)F)cc1. The molecule has 6 nitrogen and oxygen atoms in total. The van der Waals surface area contributed by atoms with Crippen LogP contribution in [0.1, 0.15) is 18.4 Å². The van der Waals surface area contributed by atoms with Crippen LogP contribution in [0.4, 0.5) is 18.0 Å². The maximum absolute atomic E-state index is 12.1. The lowest BCUT2D eigenvalue weighted by atomic mass is 9.98. The predicted molar refractivity (Wildman–Crippen MR) is 83.6 cm³/mol. The molecule has 0 atom stereocenters. The van der Waals surface area contributed by atoms with E-state index in [0.717, 1.165) is 0 Å². The summed E-state index contributed by atoms with van der Waals surface area (Å²) in [5, 5.41) is 8.88. The van der Waals surface area contributed by atoms with Crippen molar-refractivity contribution in [3.8, 4) is 5.75 Å². The summed E-state index contributed by atoms with van der Waals surface area (Å²) in [5.41, 5.74) is 3.63. The first-order valence-electron chi connectivity index (χ1n) is 7.65. The number of hydroxylamine groups is 1. The molecule has 1 heterocycles. The van der Waals surface area contributed by atoms with E-state index in [-0.39, 0.29) is 11.7 Å². The summed E-state index contributed by atoms with van der Waals surface area (Å²) in [6.07, 6.45) is -4.21. The Morgan fingerprint density at radius 3 is 2.40 bits per heavy atom. The molecule has 1 aliphatic rings. The molecule has 9 heteroatoms. The van der Waals surface area contributed by atoms with Crippen molar-refractivity contribution in [2.24, 2.45) is 5.92 Å². The first-order valence-corrected chi connectivity index (χ1v) is 7.65. The van der Waals surface area contributed by atoms with Gasteiger partial charge >= 0.3 is 12.5 Å². The van der Waals surface area contributed by atoms with E-state index < -0.39 is 12.5 Å². The fourth-order valence-corrected chi connectivity index (χ4v) is 2.45. The molecule has 0 radical (unpaired) electrons. The Bertz CT molecular complexity index is 596. The van der Waals surface area contributed by atoms with Crippen LogP contribution < -0.4 is 10.2 Å². The van der Waals surface area contributed by atoms with Gasteiger partial charge in [-0.1, -0.05) is 6.58 Å². The minimum Gasteiger partial charge on any atom is -0.465 e. The molecule has 25 heavy (non-hydrogen) atoms. The quantitative estimate of drug-likeness (QED) is 0.760. The standard InChI is InChI=1S/C16H19F3N2O4/c1-11(13-2-4-14(5-3-13)25-16(17,18)19)20-24-10-12-6-8-21(9-7-12)15(22)23/h2-5,12,20H,1,6-10H2,(H,22,23). The summed E-state index contributed by atoms with van der Waals surface area (Å²) in [6.45, 7) is 5.11. The van der Waals surface area contributed by atoms with Gasteiger partial charge in [0, 0.05) is 13.1 Å². The Morgan fingerprint density at radius 1 is 1.28 bits per heavy atom. The molecule has 138 valence electrons. The largest absolute Gasteiger partial charge is 0.573 e. The minimum absolute atomic E-state index is 0.235. The summed E-state index contributed by atoms with van der Waals surface area (Å²) in [5.74, 6) is -0.0754. The molecular formula is C16H19F3N2O4. The normalized spacial score (nSPS) is 15.7. The van der Waals surface area contributed by atoms with Gasteiger partial charge in [0.1, 0.15) is 5.75 Å². The number of carboxylic acid groups (broad SMARTS) is 1. The average Bonchev–Trinajstić information content (AvgIpc) is 2.54. The molecule has 0 aliphatic carbocycles. The van der Waals surface area contributed by atoms with E-state index in [0.29, 0.717) is 43.8 Å². The maximum Gasteiger partial charge on any atom is 0.573 e. The monoisotopic (exact) mass is 360 g/mol. The van der Waals surface area contributed by atoms with Crippen molar-refractivity contribution >= 4 is 11.8 Å². The van der Waals surface area contributed by atoms with Crippen molar-refractivity contribution in [2.45, 2.75) is 19.2 Å². The summed E-state index contributed by atoms with van der Waals surface area (Å²) < 4.78 is 40.1. The lowest BCUT2D eigenvalue weighted by Gasteiger charge is -2.29. The summed E-state index contributed by atoms with van der Waals surface area (Å²) >= 11 is 0. The zero-order valence-corrected chi connectivity index (χ0v) is 13.4. The van der Waals surface area contributed by atoms with Crippen molar-refractivity contribution in [2.75, 3.05) is 19.7 Å². The number of nitrogens with zero attached hydrogens (tertiary/aromatic N) is 1. The second-order valence-electron chi connectivity index (χ2n) is 5.68. The number of rotatable bonds is 6. The van der Waals surface area contributed by atoms with Crippen molar-refractivity contribution < 1.29 is 32.6 Å². The first-order chi connectivity index (χ1) is 11.7. The maximum atomic E-state index is 12.1. The molecule has 0 unspecified atom stereocenters. The second kappa shape index (κ2) is 8.11. The van der Waals surface area contributed by atoms with E-state index in [1.54, 1.807) is 0 Å². The second-order valence-corrected chi connectivity index (χ2v) is 5.68. The Hall–Kier alpha value is -2.42. The van der Waals surface area contributed by atoms with Gasteiger partial charge in [0.25, 0.3) is 0 Å². The minimum atomic E-state index is -4.73. The van der Waals surface area contributed by atoms with Gasteiger partial charge in [0.2, 0.25) is 0 Å². The fourth-order valence-electron chi connectivity index (χ4n) is 2.45. The molecular weight excluding hydrogens is 341 g/mol. The first kappa shape index (κ1) is 18.9. The molecule has 0 spiro atoms. The van der Waals surface area contributed by atoms with Crippen molar-refractivity contribution in [3.05, 3.63) is 36.4 Å². The van der Waals surface area contributed by atoms with Gasteiger partial charge in [0.15, 0.2) is 0 Å². The molecule has 2 N–H and O–H groups in total. The van der Waals surface area contributed by atoms with Gasteiger partial charge in [-0.15, -0.1) is 13.2 Å². The number of alkyl halides is 3. The van der Waals surface area contributed by atoms with Gasteiger partial charge < -0.3 is 14.7 Å². The van der Waals surface area contributed by atoms with Crippen LogP contribution in [0.3, 0.4) is 0 Å². The summed E-state index contributed by atoms with van der Waals surface area (Å²) in [7, 11) is 0. The van der Waals surface area contributed by atoms with Gasteiger partial charge in [-0.25, -0.2) is 4.79 Å². The van der Waals surface area contributed by atoms with E-state index in [2.05, 4.69) is 16.8 Å². The number of carbonyl (C=O) groups is 1. The average molecular weight is 360 g/mol. The van der Waals surface area contributed by atoms with E-state index in [9.17, 15) is 18.0 Å². The van der Waals surface area contributed by atoms with Crippen molar-refractivity contribution in [1.82, 2.24) is 10.4 Å². The molecule has 1 aromatic carbocycles. The Labute approximate surface area is 142 Å². The number of nitrogens with one attached hydrogen (secondary N) is 1. The molecule has 1 saturated heterocycles. The smallest absolute Gasteiger partial charge is 0.465 e. The van der Waals surface area contributed by atoms with Crippen LogP contribution >= 0.6 is 0 Å². The zero-order chi connectivity index (χ0) is 18.4. The van der Waals surface area contributed by atoms with Crippen LogP contribution in [0, 0.1) is 5.92 Å². The Morgan fingerprint density at radius 2 is 1.88 bits per heavy atom. The number of hydrogen-bond donors (Lipinski definition) is 2. The highest BCUT2D eigenvalue weighted by Gasteiger charge is 2.31. The number of benzene rings is 1. The molecule has 2 rings (SSSR count). The third-order valence-corrected chi connectivity index (χ3v) is 3.84. The van der Waals surface area contributed by atoms with E-state index in [1.807, 2.05) is 0 Å². The summed E-state index contributed by atoms with van der Waals surface area (Å²) in [6, 6.07) is 5.25.